The van der Waals surface area contributed by atoms with Crippen LogP contribution in [0, 0.1) is 6.92 Å². The lowest BCUT2D eigenvalue weighted by Crippen LogP contribution is -2.27. The first-order valence-corrected chi connectivity index (χ1v) is 12.1. The Hall–Kier alpha value is -3.07. The highest BCUT2D eigenvalue weighted by molar-refractivity contribution is 7.99. The molecule has 34 heavy (non-hydrogen) atoms. The Kier molecular flexibility index (Phi) is 7.41. The third-order valence-electron chi connectivity index (χ3n) is 5.43. The van der Waals surface area contributed by atoms with Gasteiger partial charge in [-0.3, -0.25) is 14.2 Å². The summed E-state index contributed by atoms with van der Waals surface area (Å²) in [5, 5.41) is 3.90. The maximum absolute atomic E-state index is 13.4. The van der Waals surface area contributed by atoms with E-state index in [0.29, 0.717) is 40.1 Å². The van der Waals surface area contributed by atoms with E-state index in [9.17, 15) is 9.59 Å². The number of carbonyl (C=O) groups is 1. The lowest BCUT2D eigenvalue weighted by atomic mass is 10.1. The van der Waals surface area contributed by atoms with Gasteiger partial charge in [-0.2, -0.15) is 0 Å². The molecule has 2 heterocycles. The molecule has 2 aromatic heterocycles. The fraction of sp³-hybridized carbons (Fsp3) is 0.240. The van der Waals surface area contributed by atoms with Crippen LogP contribution < -0.4 is 10.9 Å². The Labute approximate surface area is 206 Å². The number of carbonyl (C=O) groups excluding carboxylic acids is 1. The van der Waals surface area contributed by atoms with E-state index in [4.69, 9.17) is 21.3 Å². The van der Waals surface area contributed by atoms with E-state index in [1.165, 1.54) is 11.8 Å². The minimum atomic E-state index is -0.214. The first kappa shape index (κ1) is 24.1. The zero-order valence-electron chi connectivity index (χ0n) is 19.2. The van der Waals surface area contributed by atoms with Crippen molar-refractivity contribution >= 4 is 46.0 Å². The van der Waals surface area contributed by atoms with E-state index in [1.807, 2.05) is 56.6 Å². The van der Waals surface area contributed by atoms with Gasteiger partial charge in [0.25, 0.3) is 5.56 Å². The van der Waals surface area contributed by atoms with Gasteiger partial charge in [0, 0.05) is 36.6 Å². The first-order chi connectivity index (χ1) is 16.4. The highest BCUT2D eigenvalue weighted by atomic mass is 35.5. The molecule has 0 saturated heterocycles. The van der Waals surface area contributed by atoms with Crippen molar-refractivity contribution < 1.29 is 9.53 Å². The second-order valence-corrected chi connectivity index (χ2v) is 9.21. The van der Waals surface area contributed by atoms with Gasteiger partial charge >= 0.3 is 0 Å². The molecule has 2 aromatic carbocycles. The Bertz CT molecular complexity index is 1400. The molecule has 0 aliphatic rings. The molecule has 0 aliphatic carbocycles. The van der Waals surface area contributed by atoms with Crippen LogP contribution in [0.25, 0.3) is 22.2 Å². The lowest BCUT2D eigenvalue weighted by Gasteiger charge is -2.13. The quantitative estimate of drug-likeness (QED) is 0.281. The third-order valence-corrected chi connectivity index (χ3v) is 6.82. The maximum Gasteiger partial charge on any atom is 0.278 e. The van der Waals surface area contributed by atoms with Crippen LogP contribution in [0.4, 0.5) is 5.69 Å². The molecular weight excluding hydrogens is 472 g/mol. The van der Waals surface area contributed by atoms with Crippen molar-refractivity contribution in [1.29, 1.82) is 0 Å². The van der Waals surface area contributed by atoms with Gasteiger partial charge in [0.2, 0.25) is 5.91 Å². The molecule has 1 N–H and O–H groups in total. The smallest absolute Gasteiger partial charge is 0.278 e. The topological polar surface area (TPSA) is 78.2 Å². The number of halogens is 1. The minimum Gasteiger partial charge on any atom is -0.383 e. The van der Waals surface area contributed by atoms with Gasteiger partial charge < -0.3 is 14.6 Å². The average molecular weight is 497 g/mol. The number of nitrogens with zero attached hydrogens (tertiary/aromatic N) is 3. The lowest BCUT2D eigenvalue weighted by molar-refractivity contribution is -0.113. The Morgan fingerprint density at radius 1 is 1.21 bits per heavy atom. The van der Waals surface area contributed by atoms with Gasteiger partial charge in [-0.05, 0) is 30.2 Å². The average Bonchev–Trinajstić information content (AvgIpc) is 3.16. The number of anilines is 1. The molecule has 176 valence electrons. The van der Waals surface area contributed by atoms with Gasteiger partial charge in [0.05, 0.1) is 18.9 Å². The molecule has 0 saturated carbocycles. The second-order valence-electron chi connectivity index (χ2n) is 7.86. The Morgan fingerprint density at radius 3 is 2.68 bits per heavy atom. The number of rotatable bonds is 8. The fourth-order valence-corrected chi connectivity index (χ4v) is 4.67. The van der Waals surface area contributed by atoms with Crippen molar-refractivity contribution in [2.45, 2.75) is 18.6 Å². The summed E-state index contributed by atoms with van der Waals surface area (Å²) in [6, 6.07) is 15.2. The van der Waals surface area contributed by atoms with Crippen molar-refractivity contribution in [2.75, 3.05) is 24.8 Å². The maximum atomic E-state index is 13.4. The predicted molar refractivity (Wildman–Crippen MR) is 138 cm³/mol. The number of benzene rings is 2. The SMILES string of the molecule is COCCn1c(SCC(=O)Nc2ccc(C)c(Cl)c2)nc2c(-c3ccccc3)cn(C)c2c1=O. The molecule has 0 atom stereocenters. The summed E-state index contributed by atoms with van der Waals surface area (Å²) in [6.07, 6.45) is 1.91. The molecular formula is C25H25ClN4O3S. The molecule has 4 aromatic rings. The molecule has 9 heteroatoms. The van der Waals surface area contributed by atoms with Crippen molar-refractivity contribution in [2.24, 2.45) is 7.05 Å². The largest absolute Gasteiger partial charge is 0.383 e. The summed E-state index contributed by atoms with van der Waals surface area (Å²) >= 11 is 7.38. The Morgan fingerprint density at radius 2 is 1.97 bits per heavy atom. The molecule has 4 rings (SSSR count). The summed E-state index contributed by atoms with van der Waals surface area (Å²) in [5.74, 6) is -0.127. The summed E-state index contributed by atoms with van der Waals surface area (Å²) in [7, 11) is 3.42. The van der Waals surface area contributed by atoms with E-state index >= 15 is 0 Å². The van der Waals surface area contributed by atoms with E-state index in [-0.39, 0.29) is 17.2 Å². The van der Waals surface area contributed by atoms with Crippen molar-refractivity contribution in [3.63, 3.8) is 0 Å². The number of fused-ring (bicyclic) bond motifs is 1. The predicted octanol–water partition coefficient (Wildman–Crippen LogP) is 4.74. The minimum absolute atomic E-state index is 0.0872. The van der Waals surface area contributed by atoms with Crippen LogP contribution in [-0.4, -0.2) is 39.5 Å². The van der Waals surface area contributed by atoms with Crippen LogP contribution in [0.5, 0.6) is 0 Å². The number of aryl methyl sites for hydroxylation is 2. The number of hydrogen-bond donors (Lipinski definition) is 1. The van der Waals surface area contributed by atoms with E-state index in [2.05, 4.69) is 5.32 Å². The standard InChI is InChI=1S/C25H25ClN4O3S/c1-16-9-10-18(13-20(16)26)27-21(31)15-34-25-28-22-19(17-7-5-4-6-8-17)14-29(2)23(22)24(32)30(25)11-12-33-3/h4-10,13-14H,11-12,15H2,1-3H3,(H,27,31). The zero-order chi connectivity index (χ0) is 24.2. The van der Waals surface area contributed by atoms with Gasteiger partial charge in [0.15, 0.2) is 5.16 Å². The van der Waals surface area contributed by atoms with Gasteiger partial charge in [-0.15, -0.1) is 0 Å². The molecule has 0 aliphatic heterocycles. The fourth-order valence-electron chi connectivity index (χ4n) is 3.67. The highest BCUT2D eigenvalue weighted by Gasteiger charge is 2.19. The van der Waals surface area contributed by atoms with Gasteiger partial charge in [-0.1, -0.05) is 59.8 Å². The number of aromatic nitrogens is 3. The van der Waals surface area contributed by atoms with Crippen LogP contribution >= 0.6 is 23.4 Å². The van der Waals surface area contributed by atoms with Crippen LogP contribution in [0.2, 0.25) is 5.02 Å². The number of thioether (sulfide) groups is 1. The van der Waals surface area contributed by atoms with Crippen molar-refractivity contribution in [3.8, 4) is 11.1 Å². The van der Waals surface area contributed by atoms with Crippen LogP contribution in [0.15, 0.2) is 64.7 Å². The van der Waals surface area contributed by atoms with E-state index < -0.39 is 0 Å². The van der Waals surface area contributed by atoms with Crippen molar-refractivity contribution in [1.82, 2.24) is 14.1 Å². The molecule has 1 amide bonds. The summed E-state index contributed by atoms with van der Waals surface area (Å²) < 4.78 is 8.58. The molecule has 7 nitrogen and oxygen atoms in total. The number of nitrogens with one attached hydrogen (secondary N) is 1. The summed E-state index contributed by atoms with van der Waals surface area (Å²) in [5.41, 5.74) is 4.36. The normalized spacial score (nSPS) is 11.2. The van der Waals surface area contributed by atoms with Gasteiger partial charge in [-0.25, -0.2) is 4.98 Å². The summed E-state index contributed by atoms with van der Waals surface area (Å²) in [4.78, 5) is 30.9. The van der Waals surface area contributed by atoms with Gasteiger partial charge in [0.1, 0.15) is 11.0 Å². The molecule has 0 bridgehead atoms. The molecule has 0 radical (unpaired) electrons. The van der Waals surface area contributed by atoms with Crippen LogP contribution in [0.3, 0.4) is 0 Å². The number of methoxy groups -OCH3 is 1. The highest BCUT2D eigenvalue weighted by Crippen LogP contribution is 2.29. The van der Waals surface area contributed by atoms with E-state index in [1.54, 1.807) is 28.4 Å². The second kappa shape index (κ2) is 10.5. The van der Waals surface area contributed by atoms with Crippen LogP contribution in [0.1, 0.15) is 5.56 Å². The number of amides is 1. The van der Waals surface area contributed by atoms with E-state index in [0.717, 1.165) is 16.7 Å². The molecule has 0 spiro atoms. The monoisotopic (exact) mass is 496 g/mol. The molecule has 0 fully saturated rings. The number of hydrogen-bond acceptors (Lipinski definition) is 5. The van der Waals surface area contributed by atoms with Crippen LogP contribution in [-0.2, 0) is 23.1 Å². The zero-order valence-corrected chi connectivity index (χ0v) is 20.7. The third kappa shape index (κ3) is 5.04. The Balaban J connectivity index is 1.67. The summed E-state index contributed by atoms with van der Waals surface area (Å²) in [6.45, 7) is 2.59. The molecule has 0 unspecified atom stereocenters. The number of ether oxygens (including phenoxy) is 1. The van der Waals surface area contributed by atoms with Crippen molar-refractivity contribution in [3.05, 3.63) is 75.7 Å². The first-order valence-electron chi connectivity index (χ1n) is 10.7.